The molecule has 152 valence electrons. The van der Waals surface area contributed by atoms with Crippen molar-refractivity contribution in [1.82, 2.24) is 4.90 Å². The number of benzene rings is 2. The van der Waals surface area contributed by atoms with Crippen molar-refractivity contribution in [1.29, 1.82) is 0 Å². The molecule has 1 heterocycles. The number of rotatable bonds is 8. The Morgan fingerprint density at radius 2 is 1.48 bits per heavy atom. The fourth-order valence-electron chi connectivity index (χ4n) is 2.93. The molecule has 0 aliphatic carbocycles. The van der Waals surface area contributed by atoms with Gasteiger partial charge in [-0.1, -0.05) is 12.1 Å². The molecule has 0 fully saturated rings. The lowest BCUT2D eigenvalue weighted by Gasteiger charge is -2.15. The molecular weight excluding hydrogens is 374 g/mol. The highest BCUT2D eigenvalue weighted by atomic mass is 16.5. The van der Waals surface area contributed by atoms with E-state index >= 15 is 0 Å². The molecule has 2 aromatic carbocycles. The number of nitrogens with zero attached hydrogens (tertiary/aromatic N) is 1. The Morgan fingerprint density at radius 1 is 0.897 bits per heavy atom. The van der Waals surface area contributed by atoms with Gasteiger partial charge in [0.1, 0.15) is 23.9 Å². The molecule has 1 aliphatic rings. The van der Waals surface area contributed by atoms with Crippen LogP contribution in [-0.4, -0.2) is 48.2 Å². The van der Waals surface area contributed by atoms with Crippen molar-refractivity contribution in [3.8, 4) is 17.2 Å². The van der Waals surface area contributed by atoms with Crippen molar-refractivity contribution in [3.63, 3.8) is 0 Å². The fraction of sp³-hybridized carbons (Fsp3) is 0.273. The predicted octanol–water partition coefficient (Wildman–Crippen LogP) is 3.20. The average molecular weight is 397 g/mol. The summed E-state index contributed by atoms with van der Waals surface area (Å²) in [6, 6.07) is 13.6. The number of aliphatic hydroxyl groups excluding tert-OH is 1. The van der Waals surface area contributed by atoms with E-state index in [1.165, 1.54) is 0 Å². The number of methoxy groups -OCH3 is 1. The van der Waals surface area contributed by atoms with Gasteiger partial charge in [0.2, 0.25) is 0 Å². The van der Waals surface area contributed by atoms with Crippen LogP contribution < -0.4 is 14.2 Å². The molecule has 0 saturated carbocycles. The minimum absolute atomic E-state index is 0.0179. The minimum Gasteiger partial charge on any atom is -0.502 e. The van der Waals surface area contributed by atoms with Crippen LogP contribution in [0.25, 0.3) is 5.57 Å². The van der Waals surface area contributed by atoms with Gasteiger partial charge in [0.05, 0.1) is 25.3 Å². The summed E-state index contributed by atoms with van der Waals surface area (Å²) in [4.78, 5) is 26.0. The highest BCUT2D eigenvalue weighted by Crippen LogP contribution is 2.29. The monoisotopic (exact) mass is 397 g/mol. The lowest BCUT2D eigenvalue weighted by Crippen LogP contribution is -2.35. The predicted molar refractivity (Wildman–Crippen MR) is 107 cm³/mol. The highest BCUT2D eigenvalue weighted by Gasteiger charge is 2.39. The lowest BCUT2D eigenvalue weighted by molar-refractivity contribution is -0.138. The van der Waals surface area contributed by atoms with Crippen LogP contribution in [0.5, 0.6) is 17.2 Å². The Morgan fingerprint density at radius 3 is 2.07 bits per heavy atom. The van der Waals surface area contributed by atoms with Gasteiger partial charge in [-0.25, -0.2) is 0 Å². The van der Waals surface area contributed by atoms with Crippen LogP contribution in [-0.2, 0) is 9.59 Å². The molecule has 0 bridgehead atoms. The van der Waals surface area contributed by atoms with Crippen LogP contribution in [0, 0.1) is 0 Å². The highest BCUT2D eigenvalue weighted by molar-refractivity contribution is 6.34. The number of carbonyl (C=O) groups excluding carboxylic acids is 2. The summed E-state index contributed by atoms with van der Waals surface area (Å²) < 4.78 is 16.2. The van der Waals surface area contributed by atoms with Crippen LogP contribution >= 0.6 is 0 Å². The maximum absolute atomic E-state index is 12.7. The van der Waals surface area contributed by atoms with Gasteiger partial charge in [0.15, 0.2) is 5.76 Å². The number of imide groups is 1. The molecule has 1 aliphatic heterocycles. The topological polar surface area (TPSA) is 85.3 Å². The zero-order valence-corrected chi connectivity index (χ0v) is 16.5. The van der Waals surface area contributed by atoms with E-state index in [2.05, 4.69) is 0 Å². The molecule has 0 unspecified atom stereocenters. The lowest BCUT2D eigenvalue weighted by atomic mass is 10.1. The number of hydrogen-bond acceptors (Lipinski definition) is 6. The summed E-state index contributed by atoms with van der Waals surface area (Å²) in [5, 5.41) is 10.2. The third-order valence-corrected chi connectivity index (χ3v) is 4.30. The largest absolute Gasteiger partial charge is 0.502 e. The van der Waals surface area contributed by atoms with Crippen LogP contribution in [0.4, 0.5) is 0 Å². The van der Waals surface area contributed by atoms with Gasteiger partial charge in [-0.15, -0.1) is 0 Å². The first-order valence-corrected chi connectivity index (χ1v) is 9.24. The van der Waals surface area contributed by atoms with Crippen molar-refractivity contribution in [2.75, 3.05) is 20.3 Å². The molecule has 29 heavy (non-hydrogen) atoms. The second-order valence-corrected chi connectivity index (χ2v) is 6.70. The van der Waals surface area contributed by atoms with E-state index in [9.17, 15) is 14.7 Å². The number of carbonyl (C=O) groups is 2. The number of ether oxygens (including phenoxy) is 3. The zero-order chi connectivity index (χ0) is 21.0. The Labute approximate surface area is 169 Å². The zero-order valence-electron chi connectivity index (χ0n) is 16.5. The van der Waals surface area contributed by atoms with E-state index in [1.807, 2.05) is 13.8 Å². The Hall–Kier alpha value is -3.48. The summed E-state index contributed by atoms with van der Waals surface area (Å²) in [5.41, 5.74) is 0.436. The Balaban J connectivity index is 1.64. The quantitative estimate of drug-likeness (QED) is 0.689. The molecule has 0 spiro atoms. The third-order valence-electron chi connectivity index (χ3n) is 4.30. The molecule has 0 radical (unpaired) electrons. The van der Waals surface area contributed by atoms with Crippen molar-refractivity contribution >= 4 is 17.4 Å². The van der Waals surface area contributed by atoms with Crippen LogP contribution in [0.1, 0.15) is 19.4 Å². The standard InChI is InChI=1S/C22H23NO6/c1-14(2)29-18-6-4-15(5-7-18)19-20(24)22(26)23(21(19)25)12-13-28-17-10-8-16(27-3)9-11-17/h4-11,14,24H,12-13H2,1-3H3. The van der Waals surface area contributed by atoms with Crippen molar-refractivity contribution in [2.45, 2.75) is 20.0 Å². The summed E-state index contributed by atoms with van der Waals surface area (Å²) in [6.45, 7) is 3.94. The van der Waals surface area contributed by atoms with Crippen LogP contribution in [0.15, 0.2) is 54.3 Å². The smallest absolute Gasteiger partial charge is 0.296 e. The molecule has 7 nitrogen and oxygen atoms in total. The SMILES string of the molecule is COc1ccc(OCCN2C(=O)C(O)=C(c3ccc(OC(C)C)cc3)C2=O)cc1. The van der Waals surface area contributed by atoms with E-state index in [4.69, 9.17) is 14.2 Å². The van der Waals surface area contributed by atoms with E-state index < -0.39 is 17.6 Å². The summed E-state index contributed by atoms with van der Waals surface area (Å²) in [6.07, 6.45) is 0.0179. The van der Waals surface area contributed by atoms with Gasteiger partial charge in [0.25, 0.3) is 11.8 Å². The van der Waals surface area contributed by atoms with Crippen molar-refractivity contribution < 1.29 is 28.9 Å². The van der Waals surface area contributed by atoms with Crippen LogP contribution in [0.2, 0.25) is 0 Å². The molecule has 1 N–H and O–H groups in total. The van der Waals surface area contributed by atoms with Gasteiger partial charge in [-0.2, -0.15) is 0 Å². The first kappa shape index (κ1) is 20.3. The second kappa shape index (κ2) is 8.68. The fourth-order valence-corrected chi connectivity index (χ4v) is 2.93. The molecule has 0 aromatic heterocycles. The minimum atomic E-state index is -0.731. The molecule has 3 rings (SSSR count). The van der Waals surface area contributed by atoms with Gasteiger partial charge in [-0.05, 0) is 55.8 Å². The maximum atomic E-state index is 12.7. The molecular formula is C22H23NO6. The Kier molecular flexibility index (Phi) is 6.07. The van der Waals surface area contributed by atoms with Crippen molar-refractivity contribution in [3.05, 3.63) is 59.9 Å². The van der Waals surface area contributed by atoms with Gasteiger partial charge >= 0.3 is 0 Å². The summed E-state index contributed by atoms with van der Waals surface area (Å²) in [7, 11) is 1.57. The molecule has 2 aromatic rings. The van der Waals surface area contributed by atoms with Crippen LogP contribution in [0.3, 0.4) is 0 Å². The molecule has 7 heteroatoms. The molecule has 2 amide bonds. The Bertz CT molecular complexity index is 915. The van der Waals surface area contributed by atoms with Gasteiger partial charge in [0, 0.05) is 0 Å². The van der Waals surface area contributed by atoms with Gasteiger partial charge in [-0.3, -0.25) is 14.5 Å². The van der Waals surface area contributed by atoms with Crippen molar-refractivity contribution in [2.24, 2.45) is 0 Å². The average Bonchev–Trinajstić information content (AvgIpc) is 2.92. The summed E-state index contributed by atoms with van der Waals surface area (Å²) in [5.74, 6) is 0.0883. The van der Waals surface area contributed by atoms with E-state index in [0.29, 0.717) is 22.8 Å². The first-order chi connectivity index (χ1) is 13.9. The maximum Gasteiger partial charge on any atom is 0.296 e. The second-order valence-electron chi connectivity index (χ2n) is 6.70. The number of aliphatic hydroxyl groups is 1. The summed E-state index contributed by atoms with van der Waals surface area (Å²) >= 11 is 0. The van der Waals surface area contributed by atoms with E-state index in [1.54, 1.807) is 55.6 Å². The molecule has 0 saturated heterocycles. The van der Waals surface area contributed by atoms with E-state index in [-0.39, 0.29) is 24.8 Å². The van der Waals surface area contributed by atoms with E-state index in [0.717, 1.165) is 4.90 Å². The number of amides is 2. The normalized spacial score (nSPS) is 14.0. The number of hydrogen-bond donors (Lipinski definition) is 1. The van der Waals surface area contributed by atoms with Gasteiger partial charge < -0.3 is 19.3 Å². The molecule has 0 atom stereocenters. The third kappa shape index (κ3) is 4.51. The first-order valence-electron chi connectivity index (χ1n) is 9.24.